The van der Waals surface area contributed by atoms with E-state index in [9.17, 15) is 5.11 Å². The lowest BCUT2D eigenvalue weighted by molar-refractivity contribution is 0.206. The number of aliphatic hydroxyl groups is 1. The van der Waals surface area contributed by atoms with Gasteiger partial charge in [0.2, 0.25) is 0 Å². The molecule has 0 bridgehead atoms. The van der Waals surface area contributed by atoms with E-state index in [2.05, 4.69) is 5.10 Å². The van der Waals surface area contributed by atoms with Crippen molar-refractivity contribution in [3.8, 4) is 5.75 Å². The van der Waals surface area contributed by atoms with Crippen LogP contribution >= 0.6 is 11.6 Å². The maximum atomic E-state index is 10.8. The number of benzene rings is 2. The third-order valence-corrected chi connectivity index (χ3v) is 3.91. The minimum atomic E-state index is -0.911. The average molecular weight is 303 g/mol. The van der Waals surface area contributed by atoms with E-state index < -0.39 is 6.10 Å². The summed E-state index contributed by atoms with van der Waals surface area (Å²) in [5, 5.41) is 17.3. The fraction of sp³-hybridized carbons (Fsp3) is 0.188. The summed E-state index contributed by atoms with van der Waals surface area (Å²) < 4.78 is 7.00. The van der Waals surface area contributed by atoms with Crippen molar-refractivity contribution in [2.24, 2.45) is 7.05 Å². The Bertz CT molecular complexity index is 779. The first-order chi connectivity index (χ1) is 10.1. The van der Waals surface area contributed by atoms with Crippen LogP contribution in [-0.2, 0) is 7.05 Å². The Morgan fingerprint density at radius 2 is 2.00 bits per heavy atom. The second kappa shape index (κ2) is 5.39. The predicted molar refractivity (Wildman–Crippen MR) is 82.8 cm³/mol. The number of fused-ring (bicyclic) bond motifs is 1. The van der Waals surface area contributed by atoms with Crippen LogP contribution in [0.25, 0.3) is 10.8 Å². The van der Waals surface area contributed by atoms with Gasteiger partial charge < -0.3 is 9.84 Å². The van der Waals surface area contributed by atoms with E-state index in [1.54, 1.807) is 18.8 Å². The molecular weight excluding hydrogens is 288 g/mol. The maximum absolute atomic E-state index is 10.8. The summed E-state index contributed by atoms with van der Waals surface area (Å²) in [6, 6.07) is 11.7. The molecular formula is C16H15ClN2O2. The van der Waals surface area contributed by atoms with Crippen molar-refractivity contribution in [2.45, 2.75) is 6.10 Å². The minimum Gasteiger partial charge on any atom is -0.496 e. The number of aromatic nitrogens is 2. The van der Waals surface area contributed by atoms with E-state index in [1.807, 2.05) is 36.4 Å². The number of methoxy groups -OCH3 is 1. The Hall–Kier alpha value is -2.04. The quantitative estimate of drug-likeness (QED) is 0.807. The summed E-state index contributed by atoms with van der Waals surface area (Å²) in [7, 11) is 3.34. The molecule has 5 heteroatoms. The van der Waals surface area contributed by atoms with Crippen LogP contribution in [0.2, 0.25) is 5.02 Å². The predicted octanol–water partition coefficient (Wildman–Crippen LogP) is 3.32. The molecule has 21 heavy (non-hydrogen) atoms. The number of halogens is 1. The Kier molecular flexibility index (Phi) is 3.57. The molecule has 0 saturated heterocycles. The lowest BCUT2D eigenvalue weighted by Gasteiger charge is -2.18. The van der Waals surface area contributed by atoms with Crippen molar-refractivity contribution in [1.29, 1.82) is 0 Å². The summed E-state index contributed by atoms with van der Waals surface area (Å²) in [5.41, 5.74) is 1.24. The van der Waals surface area contributed by atoms with Crippen molar-refractivity contribution in [1.82, 2.24) is 9.78 Å². The van der Waals surface area contributed by atoms with Gasteiger partial charge in [0.1, 0.15) is 11.9 Å². The third kappa shape index (κ3) is 2.26. The Balaban J connectivity index is 2.28. The zero-order valence-electron chi connectivity index (χ0n) is 11.7. The third-order valence-electron chi connectivity index (χ3n) is 3.62. The first-order valence-corrected chi connectivity index (χ1v) is 6.92. The van der Waals surface area contributed by atoms with Crippen LogP contribution in [0, 0.1) is 0 Å². The van der Waals surface area contributed by atoms with Crippen LogP contribution in [-0.4, -0.2) is 22.0 Å². The molecule has 0 aliphatic rings. The van der Waals surface area contributed by atoms with Crippen LogP contribution in [0.1, 0.15) is 17.4 Å². The highest BCUT2D eigenvalue weighted by molar-refractivity contribution is 6.31. The van der Waals surface area contributed by atoms with Crippen LogP contribution in [0.3, 0.4) is 0 Å². The molecule has 0 aliphatic heterocycles. The molecule has 2 aromatic carbocycles. The molecule has 3 aromatic rings. The summed E-state index contributed by atoms with van der Waals surface area (Å²) in [6.45, 7) is 0. The summed E-state index contributed by atoms with van der Waals surface area (Å²) in [6.07, 6.45) is 0.614. The second-order valence-corrected chi connectivity index (χ2v) is 5.21. The van der Waals surface area contributed by atoms with Crippen LogP contribution in [0.5, 0.6) is 5.75 Å². The van der Waals surface area contributed by atoms with Gasteiger partial charge in [-0.2, -0.15) is 5.10 Å². The number of aliphatic hydroxyl groups excluding tert-OH is 1. The minimum absolute atomic E-state index is 0.431. The molecule has 4 nitrogen and oxygen atoms in total. The topological polar surface area (TPSA) is 47.3 Å². The van der Waals surface area contributed by atoms with E-state index in [-0.39, 0.29) is 0 Å². The highest BCUT2D eigenvalue weighted by atomic mass is 35.5. The van der Waals surface area contributed by atoms with Gasteiger partial charge in [0.05, 0.1) is 24.0 Å². The Labute approximate surface area is 127 Å². The summed E-state index contributed by atoms with van der Waals surface area (Å²) >= 11 is 6.15. The van der Waals surface area contributed by atoms with Crippen molar-refractivity contribution >= 4 is 22.4 Å². The van der Waals surface area contributed by atoms with Gasteiger partial charge in [0.25, 0.3) is 0 Å². The highest BCUT2D eigenvalue weighted by Crippen LogP contribution is 2.38. The van der Waals surface area contributed by atoms with E-state index >= 15 is 0 Å². The lowest BCUT2D eigenvalue weighted by atomic mass is 9.97. The van der Waals surface area contributed by atoms with Gasteiger partial charge in [0, 0.05) is 12.6 Å². The van der Waals surface area contributed by atoms with Crippen molar-refractivity contribution < 1.29 is 9.84 Å². The molecule has 1 atom stereocenters. The van der Waals surface area contributed by atoms with E-state index in [0.717, 1.165) is 10.8 Å². The molecule has 108 valence electrons. The normalized spacial score (nSPS) is 12.6. The molecule has 1 N–H and O–H groups in total. The number of hydrogen-bond acceptors (Lipinski definition) is 3. The van der Waals surface area contributed by atoms with Crippen molar-refractivity contribution in [3.63, 3.8) is 0 Å². The standard InChI is InChI=1S/C16H15ClN2O2/c1-19-15(12(17)9-18-19)16(20)14-11-6-4-3-5-10(11)7-8-13(14)21-2/h3-9,16,20H,1-2H3. The number of hydrogen-bond donors (Lipinski definition) is 1. The molecule has 1 heterocycles. The number of rotatable bonds is 3. The number of ether oxygens (including phenoxy) is 1. The van der Waals surface area contributed by atoms with Gasteiger partial charge in [-0.1, -0.05) is 41.9 Å². The number of nitrogens with zero attached hydrogens (tertiary/aromatic N) is 2. The largest absolute Gasteiger partial charge is 0.496 e. The van der Waals surface area contributed by atoms with E-state index in [4.69, 9.17) is 16.3 Å². The molecule has 0 radical (unpaired) electrons. The highest BCUT2D eigenvalue weighted by Gasteiger charge is 2.23. The fourth-order valence-electron chi connectivity index (χ4n) is 2.60. The average Bonchev–Trinajstić information content (AvgIpc) is 2.84. The molecule has 0 saturated carbocycles. The second-order valence-electron chi connectivity index (χ2n) is 4.81. The van der Waals surface area contributed by atoms with Crippen molar-refractivity contribution in [2.75, 3.05) is 7.11 Å². The maximum Gasteiger partial charge on any atom is 0.126 e. The zero-order chi connectivity index (χ0) is 15.0. The Morgan fingerprint density at radius 1 is 1.24 bits per heavy atom. The van der Waals surface area contributed by atoms with Crippen LogP contribution in [0.15, 0.2) is 42.6 Å². The lowest BCUT2D eigenvalue weighted by Crippen LogP contribution is -2.09. The smallest absolute Gasteiger partial charge is 0.126 e. The molecule has 1 aromatic heterocycles. The van der Waals surface area contributed by atoms with Crippen LogP contribution in [0.4, 0.5) is 0 Å². The van der Waals surface area contributed by atoms with E-state index in [1.165, 1.54) is 6.20 Å². The van der Waals surface area contributed by atoms with Gasteiger partial charge in [-0.05, 0) is 16.8 Å². The molecule has 0 amide bonds. The Morgan fingerprint density at radius 3 is 2.67 bits per heavy atom. The summed E-state index contributed by atoms with van der Waals surface area (Å²) in [5.74, 6) is 0.624. The number of aryl methyl sites for hydroxylation is 1. The van der Waals surface area contributed by atoms with E-state index in [0.29, 0.717) is 22.0 Å². The monoisotopic (exact) mass is 302 g/mol. The fourth-order valence-corrected chi connectivity index (χ4v) is 2.87. The molecule has 3 rings (SSSR count). The van der Waals surface area contributed by atoms with Gasteiger partial charge in [-0.3, -0.25) is 4.68 Å². The zero-order valence-corrected chi connectivity index (χ0v) is 12.5. The van der Waals surface area contributed by atoms with Gasteiger partial charge in [-0.15, -0.1) is 0 Å². The van der Waals surface area contributed by atoms with Gasteiger partial charge >= 0.3 is 0 Å². The van der Waals surface area contributed by atoms with Crippen molar-refractivity contribution in [3.05, 3.63) is 58.9 Å². The summed E-state index contributed by atoms with van der Waals surface area (Å²) in [4.78, 5) is 0. The van der Waals surface area contributed by atoms with Gasteiger partial charge in [0.15, 0.2) is 0 Å². The molecule has 0 spiro atoms. The van der Waals surface area contributed by atoms with Crippen LogP contribution < -0.4 is 4.74 Å². The molecule has 0 fully saturated rings. The SMILES string of the molecule is COc1ccc2ccccc2c1C(O)c1c(Cl)cnn1C. The molecule has 1 unspecified atom stereocenters. The van der Waals surface area contributed by atoms with Gasteiger partial charge in [-0.25, -0.2) is 0 Å². The molecule has 0 aliphatic carbocycles. The first kappa shape index (κ1) is 13.9. The first-order valence-electron chi connectivity index (χ1n) is 6.54.